The first-order valence-corrected chi connectivity index (χ1v) is 12.8. The van der Waals surface area contributed by atoms with Crippen molar-refractivity contribution in [1.82, 2.24) is 25.2 Å². The van der Waals surface area contributed by atoms with Gasteiger partial charge >= 0.3 is 0 Å². The van der Waals surface area contributed by atoms with Crippen molar-refractivity contribution in [2.24, 2.45) is 0 Å². The highest BCUT2D eigenvalue weighted by atomic mass is 35.5. The van der Waals surface area contributed by atoms with Gasteiger partial charge in [-0.2, -0.15) is 0 Å². The van der Waals surface area contributed by atoms with Gasteiger partial charge < -0.3 is 4.90 Å². The molecule has 0 unspecified atom stereocenters. The van der Waals surface area contributed by atoms with Crippen LogP contribution in [0.4, 0.5) is 10.5 Å². The van der Waals surface area contributed by atoms with Crippen molar-refractivity contribution in [1.29, 1.82) is 0 Å². The molecule has 180 valence electrons. The Labute approximate surface area is 212 Å². The molecule has 1 N–H and O–H groups in total. The number of hydrogen-bond acceptors (Lipinski definition) is 8. The fraction of sp³-hybridized carbons (Fsp3) is 0.320. The van der Waals surface area contributed by atoms with E-state index in [9.17, 15) is 9.59 Å². The molecule has 4 heterocycles. The number of fused-ring (bicyclic) bond motifs is 1. The number of thioether (sulfide) groups is 1. The van der Waals surface area contributed by atoms with Crippen molar-refractivity contribution in [2.45, 2.75) is 19.8 Å². The molecule has 3 aromatic rings. The maximum atomic E-state index is 11.9. The van der Waals surface area contributed by atoms with Gasteiger partial charge in [-0.05, 0) is 49.0 Å². The Morgan fingerprint density at radius 1 is 1.11 bits per heavy atom. The molecule has 0 bridgehead atoms. The largest absolute Gasteiger partial charge is 0.368 e. The zero-order chi connectivity index (χ0) is 24.4. The molecule has 1 aromatic carbocycles. The van der Waals surface area contributed by atoms with Crippen molar-refractivity contribution in [3.05, 3.63) is 52.4 Å². The Morgan fingerprint density at radius 2 is 1.94 bits per heavy atom. The Kier molecular flexibility index (Phi) is 6.99. The number of carbonyl (C=O) groups excluding carboxylic acids is 2. The topological polar surface area (TPSA) is 91.3 Å². The zero-order valence-electron chi connectivity index (χ0n) is 19.3. The number of unbranched alkanes of at least 4 members (excludes halogenated alkanes) is 1. The number of nitrogens with zero attached hydrogens (tertiary/aromatic N) is 5. The lowest BCUT2D eigenvalue weighted by Crippen LogP contribution is -2.46. The molecule has 2 aromatic heterocycles. The van der Waals surface area contributed by atoms with E-state index in [2.05, 4.69) is 43.1 Å². The van der Waals surface area contributed by atoms with Gasteiger partial charge in [0.05, 0.1) is 38.7 Å². The summed E-state index contributed by atoms with van der Waals surface area (Å²) in [6.45, 7) is 7.38. The van der Waals surface area contributed by atoms with Gasteiger partial charge in [-0.25, -0.2) is 9.97 Å². The summed E-state index contributed by atoms with van der Waals surface area (Å²) in [6.07, 6.45) is 7.19. The second kappa shape index (κ2) is 10.3. The van der Waals surface area contributed by atoms with Gasteiger partial charge in [0.2, 0.25) is 0 Å². The molecule has 5 rings (SSSR count). The van der Waals surface area contributed by atoms with E-state index in [1.165, 1.54) is 19.2 Å². The molecule has 0 radical (unpaired) electrons. The highest BCUT2D eigenvalue weighted by molar-refractivity contribution is 8.18. The molecule has 0 saturated carbocycles. The van der Waals surface area contributed by atoms with E-state index in [-0.39, 0.29) is 5.24 Å². The second-order valence-electron chi connectivity index (χ2n) is 8.55. The standard InChI is InChI=1S/C25H25ClN6O2S/c1-2-3-6-31-7-9-32(10-8-31)21-5-4-16(11-19(21)26)23-18-12-17(27-14-20(18)28-15-29-23)13-22-24(33)30-25(34)35-22/h4-5,11-15H,2-3,6-10H2,1H3,(H,30,33,34). The van der Waals surface area contributed by atoms with Crippen molar-refractivity contribution >= 4 is 57.2 Å². The van der Waals surface area contributed by atoms with E-state index in [1.807, 2.05) is 18.2 Å². The molecule has 0 atom stereocenters. The number of halogens is 1. The van der Waals surface area contributed by atoms with Crippen molar-refractivity contribution in [3.63, 3.8) is 0 Å². The number of benzene rings is 1. The summed E-state index contributed by atoms with van der Waals surface area (Å²) in [7, 11) is 0. The Morgan fingerprint density at radius 3 is 2.66 bits per heavy atom. The maximum absolute atomic E-state index is 11.9. The van der Waals surface area contributed by atoms with Crippen LogP contribution in [0.15, 0.2) is 41.7 Å². The molecular formula is C25H25ClN6O2S. The van der Waals surface area contributed by atoms with Crippen molar-refractivity contribution < 1.29 is 9.59 Å². The maximum Gasteiger partial charge on any atom is 0.290 e. The Bertz CT molecular complexity index is 1320. The first kappa shape index (κ1) is 23.7. The van der Waals surface area contributed by atoms with Gasteiger partial charge in [0, 0.05) is 37.1 Å². The van der Waals surface area contributed by atoms with Crippen LogP contribution < -0.4 is 10.2 Å². The molecule has 2 aliphatic heterocycles. The van der Waals surface area contributed by atoms with E-state index < -0.39 is 5.91 Å². The van der Waals surface area contributed by atoms with E-state index in [4.69, 9.17) is 11.6 Å². The van der Waals surface area contributed by atoms with Crippen LogP contribution in [-0.2, 0) is 4.79 Å². The highest BCUT2D eigenvalue weighted by Crippen LogP contribution is 2.34. The molecule has 10 heteroatoms. The number of rotatable bonds is 6. The highest BCUT2D eigenvalue weighted by Gasteiger charge is 2.25. The van der Waals surface area contributed by atoms with Gasteiger partial charge in [-0.1, -0.05) is 31.0 Å². The summed E-state index contributed by atoms with van der Waals surface area (Å²) < 4.78 is 0. The normalized spacial score (nSPS) is 18.0. The molecule has 2 amide bonds. The third-order valence-electron chi connectivity index (χ3n) is 6.23. The van der Waals surface area contributed by atoms with Gasteiger partial charge in [0.25, 0.3) is 11.1 Å². The number of imide groups is 1. The van der Waals surface area contributed by atoms with Crippen LogP contribution in [-0.4, -0.2) is 63.7 Å². The molecular weight excluding hydrogens is 484 g/mol. The minimum atomic E-state index is -0.417. The van der Waals surface area contributed by atoms with Crippen molar-refractivity contribution in [2.75, 3.05) is 37.6 Å². The van der Waals surface area contributed by atoms with E-state index in [0.717, 1.165) is 66.8 Å². The summed E-state index contributed by atoms with van der Waals surface area (Å²) in [6, 6.07) is 7.86. The quantitative estimate of drug-likeness (QED) is 0.483. The monoisotopic (exact) mass is 508 g/mol. The Hall–Kier alpha value is -3.01. The number of nitrogens with one attached hydrogen (secondary N) is 1. The molecule has 2 aliphatic rings. The predicted molar refractivity (Wildman–Crippen MR) is 140 cm³/mol. The molecule has 35 heavy (non-hydrogen) atoms. The fourth-order valence-corrected chi connectivity index (χ4v) is 5.31. The van der Waals surface area contributed by atoms with E-state index >= 15 is 0 Å². The number of piperazine rings is 1. The smallest absolute Gasteiger partial charge is 0.290 e. The van der Waals surface area contributed by atoms with E-state index in [0.29, 0.717) is 21.1 Å². The number of amides is 2. The third kappa shape index (κ3) is 5.17. The second-order valence-corrected chi connectivity index (χ2v) is 9.97. The molecule has 0 spiro atoms. The van der Waals surface area contributed by atoms with Gasteiger partial charge in [0.15, 0.2) is 0 Å². The number of anilines is 1. The summed E-state index contributed by atoms with van der Waals surface area (Å²) in [5.41, 5.74) is 3.87. The first-order valence-electron chi connectivity index (χ1n) is 11.6. The van der Waals surface area contributed by atoms with Crippen molar-refractivity contribution in [3.8, 4) is 11.3 Å². The van der Waals surface area contributed by atoms with Crippen LogP contribution in [0.25, 0.3) is 28.2 Å². The molecule has 0 aliphatic carbocycles. The minimum Gasteiger partial charge on any atom is -0.368 e. The fourth-order valence-electron chi connectivity index (χ4n) is 4.34. The lowest BCUT2D eigenvalue weighted by Gasteiger charge is -2.36. The summed E-state index contributed by atoms with van der Waals surface area (Å²) >= 11 is 7.62. The summed E-state index contributed by atoms with van der Waals surface area (Å²) in [5.74, 6) is -0.417. The minimum absolute atomic E-state index is 0.308. The summed E-state index contributed by atoms with van der Waals surface area (Å²) in [5, 5.41) is 3.34. The Balaban J connectivity index is 1.41. The first-order chi connectivity index (χ1) is 17.0. The average Bonchev–Trinajstić information content (AvgIpc) is 3.18. The molecule has 8 nitrogen and oxygen atoms in total. The molecule has 2 fully saturated rings. The van der Waals surface area contributed by atoms with Crippen LogP contribution in [0, 0.1) is 0 Å². The number of pyridine rings is 1. The number of aromatic nitrogens is 3. The van der Waals surface area contributed by atoms with Gasteiger partial charge in [0.1, 0.15) is 6.33 Å². The van der Waals surface area contributed by atoms with Crippen LogP contribution >= 0.6 is 23.4 Å². The van der Waals surface area contributed by atoms with Crippen LogP contribution in [0.5, 0.6) is 0 Å². The van der Waals surface area contributed by atoms with Crippen LogP contribution in [0.1, 0.15) is 25.5 Å². The van der Waals surface area contributed by atoms with E-state index in [1.54, 1.807) is 12.3 Å². The SMILES string of the molecule is CCCCN1CCN(c2ccc(-c3ncnc4cnc(C=C5SC(=O)NC5=O)cc34)cc2Cl)CC1. The lowest BCUT2D eigenvalue weighted by atomic mass is 10.1. The predicted octanol–water partition coefficient (Wildman–Crippen LogP) is 4.59. The number of hydrogen-bond donors (Lipinski definition) is 1. The summed E-state index contributed by atoms with van der Waals surface area (Å²) in [4.78, 5) is 41.8. The van der Waals surface area contributed by atoms with Crippen LogP contribution in [0.2, 0.25) is 5.02 Å². The molecule has 2 saturated heterocycles. The lowest BCUT2D eigenvalue weighted by molar-refractivity contribution is -0.115. The third-order valence-corrected chi connectivity index (χ3v) is 7.34. The van der Waals surface area contributed by atoms with Crippen LogP contribution in [0.3, 0.4) is 0 Å². The average molecular weight is 509 g/mol. The zero-order valence-corrected chi connectivity index (χ0v) is 20.9. The van der Waals surface area contributed by atoms with Gasteiger partial charge in [-0.15, -0.1) is 0 Å². The number of carbonyl (C=O) groups is 2. The van der Waals surface area contributed by atoms with Gasteiger partial charge in [-0.3, -0.25) is 24.8 Å².